The Balaban J connectivity index is 1.87. The number of carbonyl (C=O) groups excluding carboxylic acids is 2. The number of hydrogen-bond acceptors (Lipinski definition) is 5. The van der Waals surface area contributed by atoms with Gasteiger partial charge in [0.1, 0.15) is 5.58 Å². The lowest BCUT2D eigenvalue weighted by atomic mass is 9.90. The molecule has 2 amide bonds. The molecule has 21 heavy (non-hydrogen) atoms. The fourth-order valence-electron chi connectivity index (χ4n) is 2.84. The molecule has 2 aromatic heterocycles. The number of carbonyl (C=O) groups is 2. The van der Waals surface area contributed by atoms with Crippen LogP contribution in [0.25, 0.3) is 21.2 Å². The second-order valence-electron chi connectivity index (χ2n) is 5.24. The van der Waals surface area contributed by atoms with Crippen molar-refractivity contribution in [2.24, 2.45) is 0 Å². The van der Waals surface area contributed by atoms with Gasteiger partial charge < -0.3 is 4.42 Å². The number of benzene rings is 1. The Labute approximate surface area is 124 Å². The van der Waals surface area contributed by atoms with E-state index in [-0.39, 0.29) is 17.7 Å². The standard InChI is InChI=1S/C15H12N2O3S/c1-7-16-11-5-12-9(4-13(11)21-7)10(6-20-12)8-2-3-14(18)17-15(8)19/h4-6,8H,2-3H2,1H3,(H,17,18,19)/t8-/m1/s1. The van der Waals surface area contributed by atoms with Crippen molar-refractivity contribution in [3.05, 3.63) is 29.0 Å². The number of aromatic nitrogens is 1. The molecule has 3 heterocycles. The minimum absolute atomic E-state index is 0.204. The van der Waals surface area contributed by atoms with E-state index in [9.17, 15) is 9.59 Å². The van der Waals surface area contributed by atoms with Crippen LogP contribution >= 0.6 is 11.3 Å². The molecule has 0 bridgehead atoms. The molecule has 106 valence electrons. The van der Waals surface area contributed by atoms with Crippen molar-refractivity contribution in [1.82, 2.24) is 10.3 Å². The van der Waals surface area contributed by atoms with Gasteiger partial charge in [0, 0.05) is 23.4 Å². The molecule has 1 aliphatic rings. The highest BCUT2D eigenvalue weighted by Gasteiger charge is 2.30. The van der Waals surface area contributed by atoms with Gasteiger partial charge in [-0.1, -0.05) is 0 Å². The number of fused-ring (bicyclic) bond motifs is 2. The maximum Gasteiger partial charge on any atom is 0.234 e. The van der Waals surface area contributed by atoms with Crippen LogP contribution in [-0.4, -0.2) is 16.8 Å². The van der Waals surface area contributed by atoms with Crippen LogP contribution in [0.2, 0.25) is 0 Å². The third-order valence-electron chi connectivity index (χ3n) is 3.84. The predicted octanol–water partition coefficient (Wildman–Crippen LogP) is 2.87. The van der Waals surface area contributed by atoms with Gasteiger partial charge in [0.2, 0.25) is 11.8 Å². The van der Waals surface area contributed by atoms with Crippen molar-refractivity contribution in [2.45, 2.75) is 25.7 Å². The molecule has 1 saturated heterocycles. The van der Waals surface area contributed by atoms with Crippen molar-refractivity contribution in [1.29, 1.82) is 0 Å². The molecule has 1 aliphatic heterocycles. The number of furan rings is 1. The molecule has 0 radical (unpaired) electrons. The van der Waals surface area contributed by atoms with Crippen LogP contribution in [0.3, 0.4) is 0 Å². The lowest BCUT2D eigenvalue weighted by molar-refractivity contribution is -0.134. The quantitative estimate of drug-likeness (QED) is 0.701. The number of amides is 2. The van der Waals surface area contributed by atoms with Crippen LogP contribution in [0.1, 0.15) is 29.3 Å². The average molecular weight is 300 g/mol. The van der Waals surface area contributed by atoms with Gasteiger partial charge in [-0.3, -0.25) is 14.9 Å². The number of piperidine rings is 1. The van der Waals surface area contributed by atoms with Crippen molar-refractivity contribution in [2.75, 3.05) is 0 Å². The van der Waals surface area contributed by atoms with Crippen LogP contribution in [0.15, 0.2) is 22.8 Å². The van der Waals surface area contributed by atoms with Crippen molar-refractivity contribution < 1.29 is 14.0 Å². The maximum absolute atomic E-state index is 12.0. The first-order chi connectivity index (χ1) is 10.1. The van der Waals surface area contributed by atoms with Gasteiger partial charge in [0.25, 0.3) is 0 Å². The highest BCUT2D eigenvalue weighted by atomic mass is 32.1. The van der Waals surface area contributed by atoms with E-state index >= 15 is 0 Å². The molecule has 5 nitrogen and oxygen atoms in total. The lowest BCUT2D eigenvalue weighted by Gasteiger charge is -2.19. The molecule has 0 aliphatic carbocycles. The Morgan fingerprint density at radius 2 is 2.24 bits per heavy atom. The zero-order valence-corrected chi connectivity index (χ0v) is 12.1. The summed E-state index contributed by atoms with van der Waals surface area (Å²) >= 11 is 1.62. The van der Waals surface area contributed by atoms with Crippen molar-refractivity contribution in [3.8, 4) is 0 Å². The van der Waals surface area contributed by atoms with Gasteiger partial charge in [0.15, 0.2) is 0 Å². The zero-order chi connectivity index (χ0) is 14.6. The summed E-state index contributed by atoms with van der Waals surface area (Å²) in [4.78, 5) is 27.7. The largest absolute Gasteiger partial charge is 0.464 e. The molecule has 1 fully saturated rings. The van der Waals surface area contributed by atoms with E-state index in [1.807, 2.05) is 19.1 Å². The molecular formula is C15H12N2O3S. The molecule has 1 N–H and O–H groups in total. The van der Waals surface area contributed by atoms with Crippen molar-refractivity contribution in [3.63, 3.8) is 0 Å². The summed E-state index contributed by atoms with van der Waals surface area (Å²) < 4.78 is 6.67. The number of nitrogens with one attached hydrogen (secondary N) is 1. The Bertz CT molecular complexity index is 893. The minimum atomic E-state index is -0.324. The number of thiazole rings is 1. The highest BCUT2D eigenvalue weighted by molar-refractivity contribution is 7.18. The predicted molar refractivity (Wildman–Crippen MR) is 79.3 cm³/mol. The number of rotatable bonds is 1. The normalized spacial score (nSPS) is 19.4. The zero-order valence-electron chi connectivity index (χ0n) is 11.3. The first-order valence-electron chi connectivity index (χ1n) is 6.74. The minimum Gasteiger partial charge on any atom is -0.464 e. The van der Waals surface area contributed by atoms with E-state index in [2.05, 4.69) is 10.3 Å². The summed E-state index contributed by atoms with van der Waals surface area (Å²) in [6, 6.07) is 3.93. The topological polar surface area (TPSA) is 72.2 Å². The van der Waals surface area contributed by atoms with Gasteiger partial charge in [-0.2, -0.15) is 0 Å². The van der Waals surface area contributed by atoms with E-state index in [1.54, 1.807) is 17.6 Å². The third kappa shape index (κ3) is 1.94. The van der Waals surface area contributed by atoms with Gasteiger partial charge in [0.05, 0.1) is 27.4 Å². The Kier molecular flexibility index (Phi) is 2.62. The first-order valence-corrected chi connectivity index (χ1v) is 7.55. The molecule has 6 heteroatoms. The molecule has 0 spiro atoms. The molecule has 1 atom stereocenters. The first kappa shape index (κ1) is 12.5. The summed E-state index contributed by atoms with van der Waals surface area (Å²) in [5.74, 6) is -0.769. The maximum atomic E-state index is 12.0. The fraction of sp³-hybridized carbons (Fsp3) is 0.267. The Morgan fingerprint density at radius 1 is 1.38 bits per heavy atom. The molecule has 1 aromatic carbocycles. The van der Waals surface area contributed by atoms with E-state index in [0.29, 0.717) is 12.8 Å². The number of hydrogen-bond donors (Lipinski definition) is 1. The Hall–Kier alpha value is -2.21. The second kappa shape index (κ2) is 4.39. The Morgan fingerprint density at radius 3 is 3.05 bits per heavy atom. The molecule has 0 unspecified atom stereocenters. The van der Waals surface area contributed by atoms with Crippen LogP contribution in [0, 0.1) is 6.92 Å². The summed E-state index contributed by atoms with van der Waals surface area (Å²) in [5.41, 5.74) is 2.49. The van der Waals surface area contributed by atoms with E-state index in [4.69, 9.17) is 4.42 Å². The van der Waals surface area contributed by atoms with Crippen LogP contribution < -0.4 is 5.32 Å². The molecular weight excluding hydrogens is 288 g/mol. The van der Waals surface area contributed by atoms with Gasteiger partial charge in [-0.25, -0.2) is 4.98 Å². The summed E-state index contributed by atoms with van der Waals surface area (Å²) in [5, 5.41) is 4.33. The number of nitrogens with zero attached hydrogens (tertiary/aromatic N) is 1. The third-order valence-corrected chi connectivity index (χ3v) is 4.77. The van der Waals surface area contributed by atoms with Crippen LogP contribution in [0.4, 0.5) is 0 Å². The van der Waals surface area contributed by atoms with Gasteiger partial charge >= 0.3 is 0 Å². The second-order valence-corrected chi connectivity index (χ2v) is 6.48. The molecule has 0 saturated carbocycles. The molecule has 3 aromatic rings. The van der Waals surface area contributed by atoms with Crippen molar-refractivity contribution >= 4 is 44.3 Å². The highest BCUT2D eigenvalue weighted by Crippen LogP contribution is 2.35. The average Bonchev–Trinajstić information content (AvgIpc) is 2.98. The SMILES string of the molecule is Cc1nc2cc3occ([C@H]4CCC(=O)NC4=O)c3cc2s1. The van der Waals surface area contributed by atoms with Crippen LogP contribution in [-0.2, 0) is 9.59 Å². The van der Waals surface area contributed by atoms with E-state index in [0.717, 1.165) is 31.8 Å². The van der Waals surface area contributed by atoms with Gasteiger partial charge in [-0.15, -0.1) is 11.3 Å². The smallest absolute Gasteiger partial charge is 0.234 e. The summed E-state index contributed by atoms with van der Waals surface area (Å²) in [6.07, 6.45) is 2.52. The lowest BCUT2D eigenvalue weighted by Crippen LogP contribution is -2.39. The van der Waals surface area contributed by atoms with E-state index in [1.165, 1.54) is 0 Å². The summed E-state index contributed by atoms with van der Waals surface area (Å²) in [7, 11) is 0. The summed E-state index contributed by atoms with van der Waals surface area (Å²) in [6.45, 7) is 1.97. The molecule has 4 rings (SSSR count). The monoisotopic (exact) mass is 300 g/mol. The van der Waals surface area contributed by atoms with Gasteiger partial charge in [-0.05, 0) is 19.4 Å². The fourth-order valence-corrected chi connectivity index (χ4v) is 3.69. The number of imide groups is 1. The number of aryl methyl sites for hydroxylation is 1. The van der Waals surface area contributed by atoms with E-state index < -0.39 is 0 Å². The van der Waals surface area contributed by atoms with Crippen LogP contribution in [0.5, 0.6) is 0 Å².